The van der Waals surface area contributed by atoms with E-state index in [2.05, 4.69) is 12.2 Å². The molecule has 2 aliphatic rings. The van der Waals surface area contributed by atoms with Crippen LogP contribution in [0.2, 0.25) is 0 Å². The first-order valence-electron chi connectivity index (χ1n) is 4.72. The summed E-state index contributed by atoms with van der Waals surface area (Å²) < 4.78 is 5.11. The van der Waals surface area contributed by atoms with Gasteiger partial charge in [0.25, 0.3) is 0 Å². The summed E-state index contributed by atoms with van der Waals surface area (Å²) in [5.74, 6) is 1.04. The smallest absolute Gasteiger partial charge is 0.0812 e. The second-order valence-electron chi connectivity index (χ2n) is 3.68. The molecule has 2 fully saturated rings. The van der Waals surface area contributed by atoms with Crippen molar-refractivity contribution in [3.05, 3.63) is 12.2 Å². The molecule has 1 heterocycles. The summed E-state index contributed by atoms with van der Waals surface area (Å²) in [6, 6.07) is 0. The predicted octanol–water partition coefficient (Wildman–Crippen LogP) is 2.52. The molecule has 11 heavy (non-hydrogen) atoms. The maximum absolute atomic E-state index is 5.11. The largest absolute Gasteiger partial charge is 0.373 e. The van der Waals surface area contributed by atoms with Crippen LogP contribution in [0.25, 0.3) is 0 Å². The molecule has 1 atom stereocenters. The second kappa shape index (κ2) is 3.40. The van der Waals surface area contributed by atoms with Gasteiger partial charge in [0.15, 0.2) is 0 Å². The van der Waals surface area contributed by atoms with Crippen molar-refractivity contribution in [3.63, 3.8) is 0 Å². The van der Waals surface area contributed by atoms with Gasteiger partial charge in [0.05, 0.1) is 12.7 Å². The number of hydrogen-bond acceptors (Lipinski definition) is 1. The van der Waals surface area contributed by atoms with Crippen molar-refractivity contribution in [2.45, 2.75) is 38.2 Å². The highest BCUT2D eigenvalue weighted by molar-refractivity contribution is 4.89. The number of hydrogen-bond donors (Lipinski definition) is 0. The van der Waals surface area contributed by atoms with Crippen LogP contribution < -0.4 is 0 Å². The molecule has 1 heteroatoms. The molecule has 0 amide bonds. The highest BCUT2D eigenvalue weighted by Gasteiger charge is 2.21. The van der Waals surface area contributed by atoms with Gasteiger partial charge in [0.2, 0.25) is 0 Å². The quantitative estimate of drug-likeness (QED) is 0.435. The number of epoxide rings is 1. The molecule has 1 saturated heterocycles. The minimum Gasteiger partial charge on any atom is -0.373 e. The molecule has 1 aliphatic heterocycles. The van der Waals surface area contributed by atoms with Crippen molar-refractivity contribution in [1.82, 2.24) is 0 Å². The molecular formula is C10H16O. The zero-order valence-electron chi connectivity index (χ0n) is 6.96. The van der Waals surface area contributed by atoms with E-state index in [-0.39, 0.29) is 0 Å². The van der Waals surface area contributed by atoms with Crippen molar-refractivity contribution < 1.29 is 4.74 Å². The average Bonchev–Trinajstić information content (AvgIpc) is 2.83. The molecule has 2 rings (SSSR count). The fourth-order valence-electron chi connectivity index (χ4n) is 1.28. The first kappa shape index (κ1) is 7.35. The van der Waals surface area contributed by atoms with Crippen LogP contribution in [0.15, 0.2) is 12.2 Å². The van der Waals surface area contributed by atoms with E-state index < -0.39 is 0 Å². The maximum Gasteiger partial charge on any atom is 0.0812 e. The lowest BCUT2D eigenvalue weighted by Gasteiger charge is -1.88. The van der Waals surface area contributed by atoms with Crippen LogP contribution in [0.3, 0.4) is 0 Å². The van der Waals surface area contributed by atoms with Crippen LogP contribution >= 0.6 is 0 Å². The summed E-state index contributed by atoms with van der Waals surface area (Å²) in [5, 5.41) is 0. The Labute approximate surface area is 68.4 Å². The van der Waals surface area contributed by atoms with E-state index in [1.54, 1.807) is 0 Å². The Hall–Kier alpha value is -0.300. The molecule has 1 nitrogen and oxygen atoms in total. The van der Waals surface area contributed by atoms with Crippen molar-refractivity contribution in [3.8, 4) is 0 Å². The molecule has 0 aromatic rings. The monoisotopic (exact) mass is 152 g/mol. The molecule has 0 bridgehead atoms. The SMILES string of the molecule is C(=C/CC1CC1)/CCC1CO1. The Morgan fingerprint density at radius 1 is 1.27 bits per heavy atom. The topological polar surface area (TPSA) is 12.5 Å². The first-order chi connectivity index (χ1) is 5.45. The van der Waals surface area contributed by atoms with Crippen molar-refractivity contribution in [1.29, 1.82) is 0 Å². The second-order valence-corrected chi connectivity index (χ2v) is 3.68. The summed E-state index contributed by atoms with van der Waals surface area (Å²) in [6.07, 6.45) is 12.0. The zero-order valence-corrected chi connectivity index (χ0v) is 6.96. The summed E-state index contributed by atoms with van der Waals surface area (Å²) in [6.45, 7) is 1.01. The Bertz CT molecular complexity index is 143. The maximum atomic E-state index is 5.11. The third kappa shape index (κ3) is 3.06. The molecule has 1 aliphatic carbocycles. The van der Waals surface area contributed by atoms with Gasteiger partial charge in [-0.1, -0.05) is 12.2 Å². The molecule has 1 unspecified atom stereocenters. The lowest BCUT2D eigenvalue weighted by atomic mass is 10.2. The number of ether oxygens (including phenoxy) is 1. The Kier molecular flexibility index (Phi) is 2.27. The summed E-state index contributed by atoms with van der Waals surface area (Å²) in [4.78, 5) is 0. The Balaban J connectivity index is 1.46. The van der Waals surface area contributed by atoms with Crippen LogP contribution in [-0.2, 0) is 4.74 Å². The van der Waals surface area contributed by atoms with E-state index in [4.69, 9.17) is 4.74 Å². The zero-order chi connectivity index (χ0) is 7.52. The van der Waals surface area contributed by atoms with Crippen LogP contribution in [0.1, 0.15) is 32.1 Å². The highest BCUT2D eigenvalue weighted by atomic mass is 16.6. The Morgan fingerprint density at radius 2 is 2.09 bits per heavy atom. The molecule has 62 valence electrons. The standard InChI is InChI=1S/C10H16O/c1(2-4-9-6-7-9)3-5-10-8-11-10/h1-2,9-10H,3-8H2/b2-1-. The van der Waals surface area contributed by atoms with Gasteiger partial charge in [-0.3, -0.25) is 0 Å². The van der Waals surface area contributed by atoms with E-state index >= 15 is 0 Å². The van der Waals surface area contributed by atoms with E-state index in [1.165, 1.54) is 32.1 Å². The molecule has 0 spiro atoms. The van der Waals surface area contributed by atoms with Crippen LogP contribution in [0.4, 0.5) is 0 Å². The minimum absolute atomic E-state index is 0.612. The van der Waals surface area contributed by atoms with Crippen LogP contribution in [-0.4, -0.2) is 12.7 Å². The Morgan fingerprint density at radius 3 is 2.73 bits per heavy atom. The molecule has 0 radical (unpaired) electrons. The number of allylic oxidation sites excluding steroid dienone is 2. The van der Waals surface area contributed by atoms with Gasteiger partial charge in [-0.05, 0) is 38.0 Å². The van der Waals surface area contributed by atoms with E-state index in [0.29, 0.717) is 6.10 Å². The van der Waals surface area contributed by atoms with Gasteiger partial charge in [-0.2, -0.15) is 0 Å². The van der Waals surface area contributed by atoms with E-state index in [9.17, 15) is 0 Å². The molecule has 1 saturated carbocycles. The molecule has 0 N–H and O–H groups in total. The van der Waals surface area contributed by atoms with E-state index in [0.717, 1.165) is 12.5 Å². The van der Waals surface area contributed by atoms with Crippen molar-refractivity contribution in [2.75, 3.05) is 6.61 Å². The third-order valence-corrected chi connectivity index (χ3v) is 2.39. The first-order valence-corrected chi connectivity index (χ1v) is 4.72. The molecular weight excluding hydrogens is 136 g/mol. The van der Waals surface area contributed by atoms with E-state index in [1.807, 2.05) is 0 Å². The fraction of sp³-hybridized carbons (Fsp3) is 0.800. The third-order valence-electron chi connectivity index (χ3n) is 2.39. The van der Waals surface area contributed by atoms with Crippen LogP contribution in [0, 0.1) is 5.92 Å². The summed E-state index contributed by atoms with van der Waals surface area (Å²) in [7, 11) is 0. The minimum atomic E-state index is 0.612. The lowest BCUT2D eigenvalue weighted by Crippen LogP contribution is -1.81. The predicted molar refractivity (Wildman–Crippen MR) is 45.5 cm³/mol. The molecule has 0 aromatic carbocycles. The number of rotatable bonds is 5. The normalized spacial score (nSPS) is 29.6. The van der Waals surface area contributed by atoms with Gasteiger partial charge >= 0.3 is 0 Å². The fourth-order valence-corrected chi connectivity index (χ4v) is 1.28. The lowest BCUT2D eigenvalue weighted by molar-refractivity contribution is 0.398. The van der Waals surface area contributed by atoms with Gasteiger partial charge in [-0.15, -0.1) is 0 Å². The molecule has 0 aromatic heterocycles. The average molecular weight is 152 g/mol. The summed E-state index contributed by atoms with van der Waals surface area (Å²) in [5.41, 5.74) is 0. The van der Waals surface area contributed by atoms with Gasteiger partial charge < -0.3 is 4.74 Å². The van der Waals surface area contributed by atoms with Gasteiger partial charge in [0, 0.05) is 0 Å². The van der Waals surface area contributed by atoms with Gasteiger partial charge in [-0.25, -0.2) is 0 Å². The highest BCUT2D eigenvalue weighted by Crippen LogP contribution is 2.32. The van der Waals surface area contributed by atoms with Crippen molar-refractivity contribution >= 4 is 0 Å². The van der Waals surface area contributed by atoms with Crippen molar-refractivity contribution in [2.24, 2.45) is 5.92 Å². The van der Waals surface area contributed by atoms with Gasteiger partial charge in [0.1, 0.15) is 0 Å². The summed E-state index contributed by atoms with van der Waals surface area (Å²) >= 11 is 0. The van der Waals surface area contributed by atoms with Crippen LogP contribution in [0.5, 0.6) is 0 Å².